The van der Waals surface area contributed by atoms with E-state index >= 15 is 0 Å². The lowest BCUT2D eigenvalue weighted by Crippen LogP contribution is -2.09. The SMILES string of the molecule is CCOc1cc(C(N)=S)ccc1O. The third-order valence-electron chi connectivity index (χ3n) is 1.54. The highest BCUT2D eigenvalue weighted by Gasteiger charge is 2.04. The van der Waals surface area contributed by atoms with Crippen LogP contribution in [0.2, 0.25) is 0 Å². The molecule has 3 nitrogen and oxygen atoms in total. The van der Waals surface area contributed by atoms with Crippen molar-refractivity contribution in [1.29, 1.82) is 0 Å². The van der Waals surface area contributed by atoms with Crippen LogP contribution in [0.15, 0.2) is 18.2 Å². The lowest BCUT2D eigenvalue weighted by Gasteiger charge is -2.06. The van der Waals surface area contributed by atoms with E-state index in [9.17, 15) is 5.11 Å². The molecule has 0 amide bonds. The average molecular weight is 197 g/mol. The summed E-state index contributed by atoms with van der Waals surface area (Å²) in [6.45, 7) is 2.33. The predicted octanol–water partition coefficient (Wildman–Crippen LogP) is 1.43. The molecule has 70 valence electrons. The van der Waals surface area contributed by atoms with Crippen molar-refractivity contribution in [2.75, 3.05) is 6.61 Å². The Kier molecular flexibility index (Phi) is 3.08. The van der Waals surface area contributed by atoms with Crippen LogP contribution in [-0.4, -0.2) is 16.7 Å². The van der Waals surface area contributed by atoms with Crippen LogP contribution in [-0.2, 0) is 0 Å². The summed E-state index contributed by atoms with van der Waals surface area (Å²) >= 11 is 4.79. The number of phenolic OH excluding ortho intramolecular Hbond substituents is 1. The number of hydrogen-bond donors (Lipinski definition) is 2. The maximum Gasteiger partial charge on any atom is 0.161 e. The van der Waals surface area contributed by atoms with Gasteiger partial charge in [-0.2, -0.15) is 0 Å². The number of rotatable bonds is 3. The summed E-state index contributed by atoms with van der Waals surface area (Å²) in [5, 5.41) is 9.34. The van der Waals surface area contributed by atoms with Crippen molar-refractivity contribution in [3.05, 3.63) is 23.8 Å². The summed E-state index contributed by atoms with van der Waals surface area (Å²) in [4.78, 5) is 0.293. The number of thiocarbonyl (C=S) groups is 1. The fourth-order valence-corrected chi connectivity index (χ4v) is 1.07. The molecule has 0 aromatic heterocycles. The number of benzene rings is 1. The van der Waals surface area contributed by atoms with Gasteiger partial charge in [-0.3, -0.25) is 0 Å². The Morgan fingerprint density at radius 2 is 2.31 bits per heavy atom. The van der Waals surface area contributed by atoms with Gasteiger partial charge in [0.2, 0.25) is 0 Å². The summed E-state index contributed by atoms with van der Waals surface area (Å²) in [5.41, 5.74) is 6.11. The molecule has 0 bridgehead atoms. The third-order valence-corrected chi connectivity index (χ3v) is 1.78. The molecule has 0 saturated heterocycles. The Morgan fingerprint density at radius 3 is 2.85 bits per heavy atom. The molecule has 0 atom stereocenters. The van der Waals surface area contributed by atoms with Crippen molar-refractivity contribution in [2.24, 2.45) is 5.73 Å². The molecule has 0 spiro atoms. The molecule has 1 aromatic rings. The fourth-order valence-electron chi connectivity index (χ4n) is 0.939. The summed E-state index contributed by atoms with van der Waals surface area (Å²) in [6.07, 6.45) is 0. The molecule has 0 radical (unpaired) electrons. The molecule has 1 aromatic carbocycles. The van der Waals surface area contributed by atoms with Crippen molar-refractivity contribution in [2.45, 2.75) is 6.92 Å². The molecule has 0 saturated carbocycles. The quantitative estimate of drug-likeness (QED) is 0.720. The molecule has 4 heteroatoms. The van der Waals surface area contributed by atoms with Crippen LogP contribution in [0.25, 0.3) is 0 Å². The molecule has 0 fully saturated rings. The van der Waals surface area contributed by atoms with Gasteiger partial charge in [0.1, 0.15) is 4.99 Å². The van der Waals surface area contributed by atoms with Crippen LogP contribution in [0.3, 0.4) is 0 Å². The van der Waals surface area contributed by atoms with Gasteiger partial charge in [0, 0.05) is 5.56 Å². The second kappa shape index (κ2) is 4.09. The third kappa shape index (κ3) is 2.32. The van der Waals surface area contributed by atoms with E-state index in [-0.39, 0.29) is 5.75 Å². The van der Waals surface area contributed by atoms with Crippen LogP contribution in [0.5, 0.6) is 11.5 Å². The standard InChI is InChI=1S/C9H11NO2S/c1-2-12-8-5-6(9(10)13)3-4-7(8)11/h3-5,11H,2H2,1H3,(H2,10,13). The molecular formula is C9H11NO2S. The summed E-state index contributed by atoms with van der Waals surface area (Å²) in [7, 11) is 0. The Balaban J connectivity index is 3.03. The predicted molar refractivity (Wildman–Crippen MR) is 55.2 cm³/mol. The van der Waals surface area contributed by atoms with E-state index in [1.165, 1.54) is 6.07 Å². The molecule has 3 N–H and O–H groups in total. The number of phenols is 1. The molecule has 0 unspecified atom stereocenters. The van der Waals surface area contributed by atoms with Crippen molar-refractivity contribution in [3.63, 3.8) is 0 Å². The molecule has 0 aliphatic carbocycles. The first-order valence-electron chi connectivity index (χ1n) is 3.90. The number of hydrogen-bond acceptors (Lipinski definition) is 3. The molecule has 0 aliphatic heterocycles. The Labute approximate surface area is 82.1 Å². The Morgan fingerprint density at radius 1 is 1.62 bits per heavy atom. The summed E-state index contributed by atoms with van der Waals surface area (Å²) < 4.78 is 5.16. The second-order valence-corrected chi connectivity index (χ2v) is 2.92. The van der Waals surface area contributed by atoms with Crippen molar-refractivity contribution in [3.8, 4) is 11.5 Å². The van der Waals surface area contributed by atoms with Gasteiger partial charge in [-0.25, -0.2) is 0 Å². The van der Waals surface area contributed by atoms with Crippen molar-refractivity contribution >= 4 is 17.2 Å². The zero-order valence-corrected chi connectivity index (χ0v) is 8.10. The highest BCUT2D eigenvalue weighted by molar-refractivity contribution is 7.80. The van der Waals surface area contributed by atoms with Gasteiger partial charge in [-0.05, 0) is 25.1 Å². The maximum atomic E-state index is 9.34. The van der Waals surface area contributed by atoms with Crippen LogP contribution in [0, 0.1) is 0 Å². The Hall–Kier alpha value is -1.29. The van der Waals surface area contributed by atoms with Crippen LogP contribution in [0.1, 0.15) is 12.5 Å². The van der Waals surface area contributed by atoms with Gasteiger partial charge in [0.15, 0.2) is 11.5 Å². The molecule has 0 heterocycles. The van der Waals surface area contributed by atoms with Gasteiger partial charge in [-0.15, -0.1) is 0 Å². The first-order valence-corrected chi connectivity index (χ1v) is 4.31. The van der Waals surface area contributed by atoms with Crippen molar-refractivity contribution in [1.82, 2.24) is 0 Å². The first-order chi connectivity index (χ1) is 6.15. The van der Waals surface area contributed by atoms with Gasteiger partial charge in [-0.1, -0.05) is 12.2 Å². The van der Waals surface area contributed by atoms with Crippen LogP contribution < -0.4 is 10.5 Å². The minimum atomic E-state index is 0.0989. The molecular weight excluding hydrogens is 186 g/mol. The van der Waals surface area contributed by atoms with Gasteiger partial charge >= 0.3 is 0 Å². The number of ether oxygens (including phenoxy) is 1. The average Bonchev–Trinajstić information content (AvgIpc) is 2.08. The Bertz CT molecular complexity index is 325. The topological polar surface area (TPSA) is 55.5 Å². The van der Waals surface area contributed by atoms with E-state index in [0.717, 1.165) is 0 Å². The van der Waals surface area contributed by atoms with E-state index in [4.69, 9.17) is 22.7 Å². The highest BCUT2D eigenvalue weighted by atomic mass is 32.1. The smallest absolute Gasteiger partial charge is 0.161 e. The van der Waals surface area contributed by atoms with E-state index < -0.39 is 0 Å². The fraction of sp³-hybridized carbons (Fsp3) is 0.222. The first kappa shape index (κ1) is 9.80. The van der Waals surface area contributed by atoms with Gasteiger partial charge < -0.3 is 15.6 Å². The monoisotopic (exact) mass is 197 g/mol. The lowest BCUT2D eigenvalue weighted by atomic mass is 10.2. The number of aromatic hydroxyl groups is 1. The van der Waals surface area contributed by atoms with E-state index in [1.807, 2.05) is 6.92 Å². The number of nitrogens with two attached hydrogens (primary N) is 1. The largest absolute Gasteiger partial charge is 0.504 e. The minimum absolute atomic E-state index is 0.0989. The summed E-state index contributed by atoms with van der Waals surface area (Å²) in [6, 6.07) is 4.79. The zero-order valence-electron chi connectivity index (χ0n) is 7.28. The molecule has 0 aliphatic rings. The van der Waals surface area contributed by atoms with Crippen LogP contribution >= 0.6 is 12.2 Å². The molecule has 13 heavy (non-hydrogen) atoms. The van der Waals surface area contributed by atoms with Crippen LogP contribution in [0.4, 0.5) is 0 Å². The van der Waals surface area contributed by atoms with E-state index in [0.29, 0.717) is 22.9 Å². The summed E-state index contributed by atoms with van der Waals surface area (Å²) in [5.74, 6) is 0.509. The zero-order chi connectivity index (χ0) is 9.84. The van der Waals surface area contributed by atoms with E-state index in [1.54, 1.807) is 12.1 Å². The maximum absolute atomic E-state index is 9.34. The van der Waals surface area contributed by atoms with Gasteiger partial charge in [0.25, 0.3) is 0 Å². The minimum Gasteiger partial charge on any atom is -0.504 e. The van der Waals surface area contributed by atoms with Crippen molar-refractivity contribution < 1.29 is 9.84 Å². The molecule has 1 rings (SSSR count). The highest BCUT2D eigenvalue weighted by Crippen LogP contribution is 2.26. The normalized spacial score (nSPS) is 9.62. The van der Waals surface area contributed by atoms with Gasteiger partial charge in [0.05, 0.1) is 6.61 Å². The van der Waals surface area contributed by atoms with E-state index in [2.05, 4.69) is 0 Å². The lowest BCUT2D eigenvalue weighted by molar-refractivity contribution is 0.318. The second-order valence-electron chi connectivity index (χ2n) is 2.48.